The van der Waals surface area contributed by atoms with Crippen molar-refractivity contribution in [3.05, 3.63) is 231 Å². The molecule has 0 aromatic rings. The Hall–Kier alpha value is -6.53. The van der Waals surface area contributed by atoms with Crippen LogP contribution < -0.4 is 0 Å². The van der Waals surface area contributed by atoms with Crippen molar-refractivity contribution in [3.8, 4) is 0 Å². The topological polar surface area (TPSA) is 78.9 Å². The summed E-state index contributed by atoms with van der Waals surface area (Å²) >= 11 is 0. The molecule has 0 radical (unpaired) electrons. The molecule has 0 heterocycles. The molecular formula is C75H108O6. The van der Waals surface area contributed by atoms with E-state index in [0.29, 0.717) is 19.3 Å². The third-order valence-electron chi connectivity index (χ3n) is 11.7. The number of carbonyl (C=O) groups is 3. The van der Waals surface area contributed by atoms with E-state index in [1.54, 1.807) is 6.08 Å². The summed E-state index contributed by atoms with van der Waals surface area (Å²) in [5, 5.41) is 0. The first-order chi connectivity index (χ1) is 40.0. The van der Waals surface area contributed by atoms with Crippen LogP contribution in [-0.4, -0.2) is 37.2 Å². The first-order valence-corrected chi connectivity index (χ1v) is 30.9. The van der Waals surface area contributed by atoms with Gasteiger partial charge in [0.25, 0.3) is 0 Å². The molecule has 0 spiro atoms. The smallest absolute Gasteiger partial charge is 0.309 e. The minimum atomic E-state index is -0.879. The normalized spacial score (nSPS) is 13.8. The van der Waals surface area contributed by atoms with Crippen molar-refractivity contribution >= 4 is 17.9 Å². The van der Waals surface area contributed by atoms with E-state index in [0.717, 1.165) is 141 Å². The van der Waals surface area contributed by atoms with E-state index in [1.165, 1.54) is 0 Å². The Morgan fingerprint density at radius 1 is 0.259 bits per heavy atom. The lowest BCUT2D eigenvalue weighted by molar-refractivity contribution is -0.166. The maximum atomic E-state index is 12.9. The van der Waals surface area contributed by atoms with Gasteiger partial charge < -0.3 is 14.2 Å². The molecule has 0 bridgehead atoms. The van der Waals surface area contributed by atoms with Crippen LogP contribution in [0.1, 0.15) is 201 Å². The lowest BCUT2D eigenvalue weighted by atomic mass is 10.1. The first-order valence-electron chi connectivity index (χ1n) is 30.9. The first kappa shape index (κ1) is 74.5. The van der Waals surface area contributed by atoms with E-state index in [-0.39, 0.29) is 38.4 Å². The van der Waals surface area contributed by atoms with Gasteiger partial charge in [0.2, 0.25) is 0 Å². The molecule has 1 unspecified atom stereocenters. The number of unbranched alkanes of at least 4 members (excludes halogenated alkanes) is 4. The number of allylic oxidation sites excluding steroid dienone is 37. The number of rotatable bonds is 52. The van der Waals surface area contributed by atoms with Gasteiger partial charge in [-0.1, -0.05) is 258 Å². The molecule has 0 aliphatic rings. The number of carbonyl (C=O) groups excluding carboxylic acids is 3. The maximum Gasteiger partial charge on any atom is 0.309 e. The van der Waals surface area contributed by atoms with Crippen molar-refractivity contribution in [2.75, 3.05) is 13.2 Å². The Kier molecular flexibility index (Phi) is 60.7. The summed E-state index contributed by atoms with van der Waals surface area (Å²) in [7, 11) is 0. The number of hydrogen-bond acceptors (Lipinski definition) is 6. The minimum Gasteiger partial charge on any atom is -0.462 e. The van der Waals surface area contributed by atoms with Crippen LogP contribution >= 0.6 is 0 Å². The fourth-order valence-electron chi connectivity index (χ4n) is 7.19. The van der Waals surface area contributed by atoms with Crippen LogP contribution in [0, 0.1) is 0 Å². The van der Waals surface area contributed by atoms with Gasteiger partial charge in [0.15, 0.2) is 6.10 Å². The van der Waals surface area contributed by atoms with Crippen molar-refractivity contribution in [3.63, 3.8) is 0 Å². The summed E-state index contributed by atoms with van der Waals surface area (Å²) in [4.78, 5) is 38.2. The summed E-state index contributed by atoms with van der Waals surface area (Å²) in [5.74, 6) is -1.20. The van der Waals surface area contributed by atoms with Crippen molar-refractivity contribution in [2.45, 2.75) is 207 Å². The standard InChI is InChI=1S/C75H108O6/c1-4-7-10-13-16-19-22-25-28-30-31-32-33-34-35-36-37-38-39-40-41-42-43-45-47-50-53-56-59-62-65-68-74(77)80-71-72(70-79-73(76)67-64-61-58-55-52-49-46-27-24-21-18-15-12-9-6-3)81-75(78)69-66-63-60-57-54-51-48-44-29-26-23-20-17-14-11-8-5-2/h7-12,16-21,25-29,31-32,34-35,37-38,40-41,43,45-46,48,50-53,55,57,60-61,64,72H,4-6,13-15,22-24,30,33,36,39,42,44,47,49,54,56,58-59,62-63,65-71H2,1-3H3/b10-7-,11-8-,12-9-,19-16-,20-17-,21-18-,28-25-,29-26-,32-31-,35-34-,38-37-,41-40-,45-43-,46-27-,51-48-,53-50-,55-52-,60-57-,64-61-. The Bertz CT molecular complexity index is 2090. The van der Waals surface area contributed by atoms with Gasteiger partial charge in [-0.15, -0.1) is 0 Å². The Morgan fingerprint density at radius 3 is 0.815 bits per heavy atom. The zero-order chi connectivity index (χ0) is 58.5. The predicted molar refractivity (Wildman–Crippen MR) is 352 cm³/mol. The zero-order valence-corrected chi connectivity index (χ0v) is 50.7. The molecule has 0 fully saturated rings. The summed E-state index contributed by atoms with van der Waals surface area (Å²) in [6.45, 7) is 6.10. The molecule has 0 saturated carbocycles. The third kappa shape index (κ3) is 64.2. The van der Waals surface area contributed by atoms with E-state index in [1.807, 2.05) is 6.08 Å². The Labute approximate surface area is 494 Å². The van der Waals surface area contributed by atoms with Crippen molar-refractivity contribution in [2.24, 2.45) is 0 Å². The SMILES string of the molecule is CC/C=C\C/C=C\C/C=C\C/C=C\C/C=C\C/C=C\C/C=C\C/C=C\C/C=C\CCCCCC(=O)OCC(COC(=O)C/C=C\C/C=C\C/C=C\C/C=C\C/C=C\CC)OC(=O)CCC/C=C\C/C=C\C/C=C\C/C=C\C/C=C\CC. The quantitative estimate of drug-likeness (QED) is 0.0261. The molecule has 0 aromatic carbocycles. The van der Waals surface area contributed by atoms with Crippen LogP contribution in [0.2, 0.25) is 0 Å². The number of hydrogen-bond donors (Lipinski definition) is 0. The molecule has 0 aromatic heterocycles. The highest BCUT2D eigenvalue weighted by Gasteiger charge is 2.19. The maximum absolute atomic E-state index is 12.9. The van der Waals surface area contributed by atoms with Crippen LogP contribution in [0.25, 0.3) is 0 Å². The van der Waals surface area contributed by atoms with Gasteiger partial charge in [-0.25, -0.2) is 0 Å². The summed E-state index contributed by atoms with van der Waals surface area (Å²) in [6.07, 6.45) is 105. The van der Waals surface area contributed by atoms with Crippen LogP contribution in [0.3, 0.4) is 0 Å². The highest BCUT2D eigenvalue weighted by molar-refractivity contribution is 5.72. The van der Waals surface area contributed by atoms with E-state index < -0.39 is 18.0 Å². The van der Waals surface area contributed by atoms with Crippen molar-refractivity contribution in [1.82, 2.24) is 0 Å². The van der Waals surface area contributed by atoms with E-state index in [4.69, 9.17) is 14.2 Å². The lowest BCUT2D eigenvalue weighted by Gasteiger charge is -2.18. The second-order valence-corrected chi connectivity index (χ2v) is 19.1. The van der Waals surface area contributed by atoms with Crippen LogP contribution in [0.5, 0.6) is 0 Å². The number of esters is 3. The molecule has 0 aliphatic carbocycles. The molecule has 0 saturated heterocycles. The molecule has 6 nitrogen and oxygen atoms in total. The van der Waals surface area contributed by atoms with Gasteiger partial charge in [-0.05, 0) is 154 Å². The highest BCUT2D eigenvalue weighted by Crippen LogP contribution is 2.09. The van der Waals surface area contributed by atoms with E-state index in [9.17, 15) is 14.4 Å². The molecule has 0 rings (SSSR count). The molecule has 0 amide bonds. The number of ether oxygens (including phenoxy) is 3. The molecule has 0 aliphatic heterocycles. The predicted octanol–water partition coefficient (Wildman–Crippen LogP) is 21.5. The molecule has 1 atom stereocenters. The molecular weight excluding hydrogens is 997 g/mol. The molecule has 444 valence electrons. The average Bonchev–Trinajstić information content (AvgIpc) is 3.47. The largest absolute Gasteiger partial charge is 0.462 e. The zero-order valence-electron chi connectivity index (χ0n) is 50.7. The van der Waals surface area contributed by atoms with Gasteiger partial charge in [-0.2, -0.15) is 0 Å². The second kappa shape index (κ2) is 66.0. The van der Waals surface area contributed by atoms with Gasteiger partial charge >= 0.3 is 17.9 Å². The second-order valence-electron chi connectivity index (χ2n) is 19.1. The van der Waals surface area contributed by atoms with E-state index >= 15 is 0 Å². The fourth-order valence-corrected chi connectivity index (χ4v) is 7.19. The van der Waals surface area contributed by atoms with Crippen molar-refractivity contribution in [1.29, 1.82) is 0 Å². The van der Waals surface area contributed by atoms with Gasteiger partial charge in [-0.3, -0.25) is 14.4 Å². The molecule has 81 heavy (non-hydrogen) atoms. The van der Waals surface area contributed by atoms with Crippen LogP contribution in [0.4, 0.5) is 0 Å². The van der Waals surface area contributed by atoms with Crippen LogP contribution in [-0.2, 0) is 28.6 Å². The van der Waals surface area contributed by atoms with Crippen molar-refractivity contribution < 1.29 is 28.6 Å². The average molecular weight is 1110 g/mol. The van der Waals surface area contributed by atoms with E-state index in [2.05, 4.69) is 240 Å². The molecule has 6 heteroatoms. The van der Waals surface area contributed by atoms with Gasteiger partial charge in [0.05, 0.1) is 6.42 Å². The summed E-state index contributed by atoms with van der Waals surface area (Å²) in [5.41, 5.74) is 0. The highest BCUT2D eigenvalue weighted by atomic mass is 16.6. The third-order valence-corrected chi connectivity index (χ3v) is 11.7. The Morgan fingerprint density at radius 2 is 0.506 bits per heavy atom. The summed E-state index contributed by atoms with van der Waals surface area (Å²) in [6, 6.07) is 0. The van der Waals surface area contributed by atoms with Gasteiger partial charge in [0.1, 0.15) is 13.2 Å². The lowest BCUT2D eigenvalue weighted by Crippen LogP contribution is -2.30. The molecule has 0 N–H and O–H groups in total. The fraction of sp³-hybridized carbons (Fsp3) is 0.453. The van der Waals surface area contributed by atoms with Gasteiger partial charge in [0, 0.05) is 12.8 Å². The minimum absolute atomic E-state index is 0.0948. The van der Waals surface area contributed by atoms with Crippen LogP contribution in [0.15, 0.2) is 231 Å². The summed E-state index contributed by atoms with van der Waals surface area (Å²) < 4.78 is 16.7. The Balaban J connectivity index is 4.59. The monoisotopic (exact) mass is 1100 g/mol.